The molecule has 0 heterocycles. The first-order chi connectivity index (χ1) is 7.92. The van der Waals surface area contributed by atoms with Gasteiger partial charge in [0, 0.05) is 15.8 Å². The molecule has 0 bridgehead atoms. The highest BCUT2D eigenvalue weighted by Crippen LogP contribution is 2.23. The minimum Gasteiger partial charge on any atom is -0.329 e. The maximum absolute atomic E-state index is 12.1. The molecule has 3 nitrogen and oxygen atoms in total. The van der Waals surface area contributed by atoms with Crippen LogP contribution >= 0.6 is 22.6 Å². The van der Waals surface area contributed by atoms with E-state index in [4.69, 9.17) is 5.73 Å². The van der Waals surface area contributed by atoms with Gasteiger partial charge in [0.1, 0.15) is 0 Å². The standard InChI is InChI=1S/C13H19IN2O/c1-4-13(3,8-15)12(17)16-10-6-5-9(2)11(14)7-10/h5-7H,4,8,15H2,1-3H3,(H,16,17). The fourth-order valence-corrected chi connectivity index (χ4v) is 1.87. The van der Waals surface area contributed by atoms with Crippen LogP contribution < -0.4 is 11.1 Å². The minimum absolute atomic E-state index is 0.0119. The van der Waals surface area contributed by atoms with Crippen LogP contribution in [0, 0.1) is 15.9 Å². The highest BCUT2D eigenvalue weighted by molar-refractivity contribution is 14.1. The molecule has 0 spiro atoms. The van der Waals surface area contributed by atoms with Gasteiger partial charge in [-0.3, -0.25) is 4.79 Å². The molecule has 17 heavy (non-hydrogen) atoms. The Balaban J connectivity index is 2.84. The maximum Gasteiger partial charge on any atom is 0.231 e. The van der Waals surface area contributed by atoms with Gasteiger partial charge in [0.2, 0.25) is 5.91 Å². The van der Waals surface area contributed by atoms with E-state index in [1.165, 1.54) is 5.56 Å². The summed E-state index contributed by atoms with van der Waals surface area (Å²) in [6.07, 6.45) is 0.734. The predicted molar refractivity (Wildman–Crippen MR) is 80.0 cm³/mol. The number of hydrogen-bond acceptors (Lipinski definition) is 2. The van der Waals surface area contributed by atoms with E-state index in [9.17, 15) is 4.79 Å². The fourth-order valence-electron chi connectivity index (χ4n) is 1.35. The summed E-state index contributed by atoms with van der Waals surface area (Å²) in [6.45, 7) is 6.27. The Bertz CT molecular complexity index is 414. The van der Waals surface area contributed by atoms with Crippen molar-refractivity contribution < 1.29 is 4.79 Å². The minimum atomic E-state index is -0.490. The van der Waals surface area contributed by atoms with Crippen LogP contribution in [-0.2, 0) is 4.79 Å². The Hall–Kier alpha value is -0.620. The molecule has 1 unspecified atom stereocenters. The number of halogens is 1. The van der Waals surface area contributed by atoms with Crippen LogP contribution in [0.1, 0.15) is 25.8 Å². The molecule has 1 atom stereocenters. The van der Waals surface area contributed by atoms with Crippen LogP contribution in [0.4, 0.5) is 5.69 Å². The van der Waals surface area contributed by atoms with Gasteiger partial charge in [0.15, 0.2) is 0 Å². The Morgan fingerprint density at radius 1 is 1.53 bits per heavy atom. The number of rotatable bonds is 4. The van der Waals surface area contributed by atoms with Crippen molar-refractivity contribution in [3.8, 4) is 0 Å². The first-order valence-corrected chi connectivity index (χ1v) is 6.78. The molecule has 0 aromatic heterocycles. The highest BCUT2D eigenvalue weighted by atomic mass is 127. The van der Waals surface area contributed by atoms with Gasteiger partial charge in [-0.25, -0.2) is 0 Å². The summed E-state index contributed by atoms with van der Waals surface area (Å²) in [7, 11) is 0. The molecule has 3 N–H and O–H groups in total. The third-order valence-corrected chi connectivity index (χ3v) is 4.37. The first-order valence-electron chi connectivity index (χ1n) is 5.70. The molecular weight excluding hydrogens is 327 g/mol. The zero-order valence-electron chi connectivity index (χ0n) is 10.5. The van der Waals surface area contributed by atoms with Gasteiger partial charge < -0.3 is 11.1 Å². The van der Waals surface area contributed by atoms with E-state index in [-0.39, 0.29) is 5.91 Å². The average Bonchev–Trinajstić information content (AvgIpc) is 2.32. The summed E-state index contributed by atoms with van der Waals surface area (Å²) in [5.41, 5.74) is 7.21. The summed E-state index contributed by atoms with van der Waals surface area (Å²) < 4.78 is 1.14. The highest BCUT2D eigenvalue weighted by Gasteiger charge is 2.29. The molecule has 94 valence electrons. The van der Waals surface area contributed by atoms with Gasteiger partial charge in [-0.1, -0.05) is 13.0 Å². The summed E-state index contributed by atoms with van der Waals surface area (Å²) in [4.78, 5) is 12.1. The summed E-state index contributed by atoms with van der Waals surface area (Å²) >= 11 is 2.26. The average molecular weight is 346 g/mol. The third-order valence-electron chi connectivity index (χ3n) is 3.21. The Labute approximate surface area is 116 Å². The molecule has 0 aliphatic rings. The Morgan fingerprint density at radius 3 is 2.65 bits per heavy atom. The van der Waals surface area contributed by atoms with E-state index >= 15 is 0 Å². The van der Waals surface area contributed by atoms with Gasteiger partial charge in [-0.2, -0.15) is 0 Å². The van der Waals surface area contributed by atoms with Crippen molar-refractivity contribution >= 4 is 34.2 Å². The molecule has 1 aromatic rings. The van der Waals surface area contributed by atoms with Crippen molar-refractivity contribution in [1.82, 2.24) is 0 Å². The van der Waals surface area contributed by atoms with E-state index in [1.807, 2.05) is 39.0 Å². The molecule has 0 aliphatic carbocycles. The predicted octanol–water partition coefficient (Wildman–Crippen LogP) is 2.91. The number of nitrogens with one attached hydrogen (secondary N) is 1. The number of anilines is 1. The van der Waals surface area contributed by atoms with Crippen molar-refractivity contribution in [3.63, 3.8) is 0 Å². The summed E-state index contributed by atoms with van der Waals surface area (Å²) in [6, 6.07) is 5.89. The number of nitrogens with two attached hydrogens (primary N) is 1. The van der Waals surface area contributed by atoms with E-state index in [1.54, 1.807) is 0 Å². The van der Waals surface area contributed by atoms with Gasteiger partial charge in [0.05, 0.1) is 5.41 Å². The molecule has 0 aliphatic heterocycles. The molecule has 4 heteroatoms. The smallest absolute Gasteiger partial charge is 0.231 e. The van der Waals surface area contributed by atoms with Crippen molar-refractivity contribution in [3.05, 3.63) is 27.3 Å². The van der Waals surface area contributed by atoms with Crippen LogP contribution in [0.2, 0.25) is 0 Å². The van der Waals surface area contributed by atoms with Gasteiger partial charge in [-0.05, 0) is 60.6 Å². The zero-order valence-corrected chi connectivity index (χ0v) is 12.7. The lowest BCUT2D eigenvalue weighted by molar-refractivity contribution is -0.124. The van der Waals surface area contributed by atoms with E-state index in [0.717, 1.165) is 15.7 Å². The fraction of sp³-hybridized carbons (Fsp3) is 0.462. The van der Waals surface area contributed by atoms with Crippen molar-refractivity contribution in [1.29, 1.82) is 0 Å². The van der Waals surface area contributed by atoms with Crippen molar-refractivity contribution in [2.24, 2.45) is 11.1 Å². The second-order valence-corrected chi connectivity index (χ2v) is 5.70. The lowest BCUT2D eigenvalue weighted by atomic mass is 9.86. The van der Waals surface area contributed by atoms with Crippen LogP contribution in [0.15, 0.2) is 18.2 Å². The van der Waals surface area contributed by atoms with E-state index in [0.29, 0.717) is 6.54 Å². The van der Waals surface area contributed by atoms with Crippen LogP contribution in [0.5, 0.6) is 0 Å². The van der Waals surface area contributed by atoms with E-state index < -0.39 is 5.41 Å². The molecule has 1 aromatic carbocycles. The Kier molecular flexibility index (Phi) is 4.94. The zero-order chi connectivity index (χ0) is 13.1. The van der Waals surface area contributed by atoms with Gasteiger partial charge in [0.25, 0.3) is 0 Å². The number of hydrogen-bond donors (Lipinski definition) is 2. The maximum atomic E-state index is 12.1. The summed E-state index contributed by atoms with van der Waals surface area (Å²) in [5, 5.41) is 2.93. The second kappa shape index (κ2) is 5.82. The third kappa shape index (κ3) is 3.42. The SMILES string of the molecule is CCC(C)(CN)C(=O)Nc1ccc(C)c(I)c1. The van der Waals surface area contributed by atoms with Crippen LogP contribution in [-0.4, -0.2) is 12.5 Å². The lowest BCUT2D eigenvalue weighted by Crippen LogP contribution is -2.39. The Morgan fingerprint density at radius 2 is 2.18 bits per heavy atom. The first kappa shape index (κ1) is 14.4. The second-order valence-electron chi connectivity index (χ2n) is 4.54. The topological polar surface area (TPSA) is 55.1 Å². The molecule has 1 rings (SSSR count). The van der Waals surface area contributed by atoms with Crippen molar-refractivity contribution in [2.75, 3.05) is 11.9 Å². The molecule has 0 radical (unpaired) electrons. The van der Waals surface area contributed by atoms with E-state index in [2.05, 4.69) is 27.9 Å². The largest absolute Gasteiger partial charge is 0.329 e. The van der Waals surface area contributed by atoms with Gasteiger partial charge in [-0.15, -0.1) is 0 Å². The monoisotopic (exact) mass is 346 g/mol. The molecular formula is C13H19IN2O. The summed E-state index contributed by atoms with van der Waals surface area (Å²) in [5.74, 6) is -0.0119. The molecule has 0 fully saturated rings. The molecule has 0 saturated heterocycles. The number of benzene rings is 1. The lowest BCUT2D eigenvalue weighted by Gasteiger charge is -2.25. The number of amides is 1. The quantitative estimate of drug-likeness (QED) is 0.824. The number of aryl methyl sites for hydroxylation is 1. The molecule has 1 amide bonds. The van der Waals surface area contributed by atoms with Crippen LogP contribution in [0.3, 0.4) is 0 Å². The number of carbonyl (C=O) groups is 1. The molecule has 0 saturated carbocycles. The van der Waals surface area contributed by atoms with Gasteiger partial charge >= 0.3 is 0 Å². The van der Waals surface area contributed by atoms with Crippen LogP contribution in [0.25, 0.3) is 0 Å². The normalized spacial score (nSPS) is 14.2. The number of carbonyl (C=O) groups excluding carboxylic acids is 1. The van der Waals surface area contributed by atoms with Crippen molar-refractivity contribution in [2.45, 2.75) is 27.2 Å².